The second kappa shape index (κ2) is 4.03. The highest BCUT2D eigenvalue weighted by Gasteiger charge is 2.14. The second-order valence-corrected chi connectivity index (χ2v) is 3.92. The third-order valence-corrected chi connectivity index (χ3v) is 2.83. The van der Waals surface area contributed by atoms with Crippen molar-refractivity contribution in [3.8, 4) is 0 Å². The van der Waals surface area contributed by atoms with E-state index in [4.69, 9.17) is 0 Å². The summed E-state index contributed by atoms with van der Waals surface area (Å²) in [5.41, 5.74) is 1.92. The van der Waals surface area contributed by atoms with Crippen molar-refractivity contribution in [1.82, 2.24) is 19.6 Å². The van der Waals surface area contributed by atoms with Gasteiger partial charge in [0.25, 0.3) is 5.78 Å². The monoisotopic (exact) mass is 238 g/mol. The topological polar surface area (TPSA) is 60.2 Å². The van der Waals surface area contributed by atoms with E-state index in [0.717, 1.165) is 5.69 Å². The van der Waals surface area contributed by atoms with Gasteiger partial charge in [0.1, 0.15) is 6.33 Å². The van der Waals surface area contributed by atoms with Gasteiger partial charge in [-0.15, -0.1) is 0 Å². The van der Waals surface area contributed by atoms with Gasteiger partial charge in [0.15, 0.2) is 5.78 Å². The van der Waals surface area contributed by atoms with Crippen LogP contribution in [0.4, 0.5) is 0 Å². The molecule has 0 bridgehead atoms. The molecular formula is C13H10N4O. The Morgan fingerprint density at radius 1 is 1.17 bits per heavy atom. The lowest BCUT2D eigenvalue weighted by atomic mass is 10.0. The molecule has 0 amide bonds. The highest BCUT2D eigenvalue weighted by Crippen LogP contribution is 2.13. The third kappa shape index (κ3) is 1.57. The number of fused-ring (bicyclic) bond motifs is 1. The molecule has 0 aliphatic heterocycles. The fraction of sp³-hybridized carbons (Fsp3) is 0.0769. The summed E-state index contributed by atoms with van der Waals surface area (Å²) in [5.74, 6) is 0.440. The van der Waals surface area contributed by atoms with Gasteiger partial charge in [-0.1, -0.05) is 30.3 Å². The van der Waals surface area contributed by atoms with Crippen molar-refractivity contribution in [3.05, 3.63) is 59.7 Å². The Morgan fingerprint density at radius 3 is 2.72 bits per heavy atom. The lowest BCUT2D eigenvalue weighted by Crippen LogP contribution is -2.09. The molecule has 0 saturated heterocycles. The van der Waals surface area contributed by atoms with Gasteiger partial charge < -0.3 is 0 Å². The first-order chi connectivity index (χ1) is 8.77. The molecule has 0 aliphatic rings. The molecule has 5 nitrogen and oxygen atoms in total. The Morgan fingerprint density at radius 2 is 1.94 bits per heavy atom. The number of benzene rings is 1. The van der Waals surface area contributed by atoms with Crippen LogP contribution in [0.3, 0.4) is 0 Å². The molecule has 0 N–H and O–H groups in total. The SMILES string of the molecule is Cc1c(C(=O)c2ccccc2)cnc2ncnn12. The van der Waals surface area contributed by atoms with Gasteiger partial charge in [-0.05, 0) is 6.92 Å². The van der Waals surface area contributed by atoms with E-state index in [-0.39, 0.29) is 5.78 Å². The molecular weight excluding hydrogens is 228 g/mol. The van der Waals surface area contributed by atoms with Gasteiger partial charge in [0, 0.05) is 11.8 Å². The lowest BCUT2D eigenvalue weighted by molar-refractivity contribution is 0.103. The van der Waals surface area contributed by atoms with E-state index in [1.54, 1.807) is 22.8 Å². The first kappa shape index (κ1) is 10.6. The van der Waals surface area contributed by atoms with Crippen molar-refractivity contribution in [2.24, 2.45) is 0 Å². The summed E-state index contributed by atoms with van der Waals surface area (Å²) in [4.78, 5) is 20.4. The highest BCUT2D eigenvalue weighted by atomic mass is 16.1. The van der Waals surface area contributed by atoms with Crippen molar-refractivity contribution in [2.75, 3.05) is 0 Å². The number of aromatic nitrogens is 4. The van der Waals surface area contributed by atoms with Crippen molar-refractivity contribution in [1.29, 1.82) is 0 Å². The molecule has 0 atom stereocenters. The molecule has 0 unspecified atom stereocenters. The molecule has 0 aliphatic carbocycles. The summed E-state index contributed by atoms with van der Waals surface area (Å²) in [6, 6.07) is 9.12. The summed E-state index contributed by atoms with van der Waals surface area (Å²) < 4.78 is 1.57. The van der Waals surface area contributed by atoms with Gasteiger partial charge in [-0.3, -0.25) is 4.79 Å². The number of carbonyl (C=O) groups is 1. The van der Waals surface area contributed by atoms with Gasteiger partial charge in [-0.25, -0.2) is 9.50 Å². The quantitative estimate of drug-likeness (QED) is 0.637. The molecule has 5 heteroatoms. The van der Waals surface area contributed by atoms with Crippen LogP contribution in [0.1, 0.15) is 21.6 Å². The molecule has 88 valence electrons. The molecule has 0 saturated carbocycles. The standard InChI is InChI=1S/C13H10N4O/c1-9-11(7-14-13-15-8-16-17(9)13)12(18)10-5-3-2-4-6-10/h2-8H,1H3. The van der Waals surface area contributed by atoms with Gasteiger partial charge in [0.2, 0.25) is 0 Å². The zero-order chi connectivity index (χ0) is 12.5. The minimum atomic E-state index is -0.0574. The van der Waals surface area contributed by atoms with E-state index < -0.39 is 0 Å². The summed E-state index contributed by atoms with van der Waals surface area (Å²) in [6.45, 7) is 1.83. The predicted molar refractivity (Wildman–Crippen MR) is 65.4 cm³/mol. The number of aryl methyl sites for hydroxylation is 1. The van der Waals surface area contributed by atoms with Crippen LogP contribution >= 0.6 is 0 Å². The van der Waals surface area contributed by atoms with Crippen LogP contribution in [0, 0.1) is 6.92 Å². The van der Waals surface area contributed by atoms with Crippen LogP contribution in [-0.2, 0) is 0 Å². The summed E-state index contributed by atoms with van der Waals surface area (Å²) in [6.07, 6.45) is 2.97. The molecule has 2 heterocycles. The van der Waals surface area contributed by atoms with E-state index in [0.29, 0.717) is 16.9 Å². The van der Waals surface area contributed by atoms with Crippen LogP contribution < -0.4 is 0 Å². The minimum absolute atomic E-state index is 0.0574. The fourth-order valence-electron chi connectivity index (χ4n) is 1.86. The molecule has 18 heavy (non-hydrogen) atoms. The first-order valence-corrected chi connectivity index (χ1v) is 5.52. The maximum atomic E-state index is 12.3. The summed E-state index contributed by atoms with van der Waals surface area (Å²) in [7, 11) is 0. The average molecular weight is 238 g/mol. The van der Waals surface area contributed by atoms with Crippen molar-refractivity contribution >= 4 is 11.6 Å². The molecule has 0 fully saturated rings. The van der Waals surface area contributed by atoms with E-state index in [1.807, 2.05) is 25.1 Å². The van der Waals surface area contributed by atoms with Crippen molar-refractivity contribution in [2.45, 2.75) is 6.92 Å². The van der Waals surface area contributed by atoms with Crippen LogP contribution in [0.15, 0.2) is 42.9 Å². The number of hydrogen-bond donors (Lipinski definition) is 0. The molecule has 0 spiro atoms. The Balaban J connectivity index is 2.15. The fourth-order valence-corrected chi connectivity index (χ4v) is 1.86. The van der Waals surface area contributed by atoms with Crippen LogP contribution in [0.2, 0.25) is 0 Å². The molecule has 3 aromatic rings. The minimum Gasteiger partial charge on any atom is -0.288 e. The van der Waals surface area contributed by atoms with Crippen LogP contribution in [0.5, 0.6) is 0 Å². The number of hydrogen-bond acceptors (Lipinski definition) is 4. The van der Waals surface area contributed by atoms with E-state index in [9.17, 15) is 4.79 Å². The number of nitrogens with zero attached hydrogens (tertiary/aromatic N) is 4. The Labute approximate surface area is 103 Å². The molecule has 1 aromatic carbocycles. The van der Waals surface area contributed by atoms with Gasteiger partial charge in [-0.2, -0.15) is 10.1 Å². The van der Waals surface area contributed by atoms with E-state index in [1.165, 1.54) is 6.33 Å². The van der Waals surface area contributed by atoms with Gasteiger partial charge >= 0.3 is 0 Å². The third-order valence-electron chi connectivity index (χ3n) is 2.83. The Hall–Kier alpha value is -2.56. The summed E-state index contributed by atoms with van der Waals surface area (Å²) >= 11 is 0. The molecule has 2 aromatic heterocycles. The Kier molecular flexibility index (Phi) is 2.37. The molecule has 0 radical (unpaired) electrons. The second-order valence-electron chi connectivity index (χ2n) is 3.92. The zero-order valence-corrected chi connectivity index (χ0v) is 9.74. The zero-order valence-electron chi connectivity index (χ0n) is 9.74. The van der Waals surface area contributed by atoms with Crippen molar-refractivity contribution < 1.29 is 4.79 Å². The molecule has 3 rings (SSSR count). The van der Waals surface area contributed by atoms with Crippen LogP contribution in [-0.4, -0.2) is 25.4 Å². The normalized spacial score (nSPS) is 10.7. The number of ketones is 1. The van der Waals surface area contributed by atoms with E-state index in [2.05, 4.69) is 15.1 Å². The maximum Gasteiger partial charge on any atom is 0.252 e. The summed E-state index contributed by atoms with van der Waals surface area (Å²) in [5, 5.41) is 4.05. The maximum absolute atomic E-state index is 12.3. The smallest absolute Gasteiger partial charge is 0.252 e. The number of rotatable bonds is 2. The largest absolute Gasteiger partial charge is 0.288 e. The Bertz CT molecular complexity index is 718. The average Bonchev–Trinajstić information content (AvgIpc) is 2.89. The van der Waals surface area contributed by atoms with Gasteiger partial charge in [0.05, 0.1) is 11.3 Å². The highest BCUT2D eigenvalue weighted by molar-refractivity contribution is 6.09. The number of carbonyl (C=O) groups excluding carboxylic acids is 1. The van der Waals surface area contributed by atoms with Crippen LogP contribution in [0.25, 0.3) is 5.78 Å². The first-order valence-electron chi connectivity index (χ1n) is 5.52. The van der Waals surface area contributed by atoms with E-state index >= 15 is 0 Å². The lowest BCUT2D eigenvalue weighted by Gasteiger charge is -2.05. The predicted octanol–water partition coefficient (Wildman–Crippen LogP) is 1.66. The van der Waals surface area contributed by atoms with Crippen molar-refractivity contribution in [3.63, 3.8) is 0 Å².